The summed E-state index contributed by atoms with van der Waals surface area (Å²) in [5, 5.41) is 24.1. The number of hydrogen-bond acceptors (Lipinski definition) is 8. The van der Waals surface area contributed by atoms with Gasteiger partial charge in [0.15, 0.2) is 0 Å². The minimum absolute atomic E-state index is 0.00337. The van der Waals surface area contributed by atoms with Crippen LogP contribution in [0.25, 0.3) is 22.3 Å². The summed E-state index contributed by atoms with van der Waals surface area (Å²) < 4.78 is 52.4. The Hall–Kier alpha value is -5.32. The summed E-state index contributed by atoms with van der Waals surface area (Å²) in [5.74, 6) is -2.81. The number of carbonyl (C=O) groups is 1. The van der Waals surface area contributed by atoms with Gasteiger partial charge < -0.3 is 20.1 Å². The minimum atomic E-state index is -1.13. The third-order valence-corrected chi connectivity index (χ3v) is 7.34. The monoisotopic (exact) mass is 646 g/mol. The second kappa shape index (κ2) is 15.1. The van der Waals surface area contributed by atoms with E-state index in [-0.39, 0.29) is 59.0 Å². The molecular formula is C33H29F3N6O3S. The number of aromatic carboxylic acids is 1. The average Bonchev–Trinajstić information content (AvgIpc) is 3.41. The van der Waals surface area contributed by atoms with Crippen molar-refractivity contribution in [1.29, 1.82) is 5.26 Å². The maximum Gasteiger partial charge on any atom is 0.335 e. The van der Waals surface area contributed by atoms with Crippen LogP contribution in [0.5, 0.6) is 5.88 Å². The molecule has 5 aromatic rings. The molecule has 5 N–H and O–H groups in total. The quantitative estimate of drug-likeness (QED) is 0.141. The first kappa shape index (κ1) is 33.6. The Kier molecular flexibility index (Phi) is 11.0. The smallest absolute Gasteiger partial charge is 0.335 e. The largest absolute Gasteiger partial charge is 0.478 e. The number of rotatable bonds is 10. The Morgan fingerprint density at radius 2 is 1.78 bits per heavy atom. The fourth-order valence-electron chi connectivity index (χ4n) is 4.52. The SMILES string of the molecule is CC.N#Cc1ccc(COc2cccc(-c3cc(F)c(Cc4nc5ccc(C(=O)O)cc5n4C/C(=C/N)SN)cc3F)n2)c(F)c1. The maximum absolute atomic E-state index is 15.5. The highest BCUT2D eigenvalue weighted by atomic mass is 32.2. The zero-order valence-corrected chi connectivity index (χ0v) is 25.6. The number of hydrogen-bond donors (Lipinski definition) is 3. The minimum Gasteiger partial charge on any atom is -0.478 e. The lowest BCUT2D eigenvalue weighted by atomic mass is 10.0. The van der Waals surface area contributed by atoms with Crippen molar-refractivity contribution >= 4 is 29.0 Å². The normalized spacial score (nSPS) is 11.1. The molecule has 236 valence electrons. The second-order valence-electron chi connectivity index (χ2n) is 9.54. The van der Waals surface area contributed by atoms with Gasteiger partial charge in [0.25, 0.3) is 0 Å². The van der Waals surface area contributed by atoms with Gasteiger partial charge in [-0.3, -0.25) is 5.14 Å². The molecule has 0 saturated heterocycles. The molecule has 5 rings (SSSR count). The first-order chi connectivity index (χ1) is 22.2. The molecule has 0 fully saturated rings. The molecule has 0 bridgehead atoms. The molecule has 3 aromatic carbocycles. The van der Waals surface area contributed by atoms with E-state index < -0.39 is 23.4 Å². The molecule has 0 aliphatic carbocycles. The lowest BCUT2D eigenvalue weighted by Gasteiger charge is -2.13. The fraction of sp³-hybridized carbons (Fsp3) is 0.152. The van der Waals surface area contributed by atoms with Crippen LogP contribution in [0.3, 0.4) is 0 Å². The summed E-state index contributed by atoms with van der Waals surface area (Å²) in [5.41, 5.74) is 6.98. The number of allylic oxidation sites excluding steroid dienone is 1. The molecule has 0 unspecified atom stereocenters. The maximum atomic E-state index is 15.5. The average molecular weight is 647 g/mol. The number of imidazole rings is 1. The van der Waals surface area contributed by atoms with Crippen molar-refractivity contribution in [2.24, 2.45) is 10.9 Å². The first-order valence-corrected chi connectivity index (χ1v) is 14.8. The molecule has 46 heavy (non-hydrogen) atoms. The van der Waals surface area contributed by atoms with E-state index in [0.717, 1.165) is 30.1 Å². The molecular weight excluding hydrogens is 617 g/mol. The van der Waals surface area contributed by atoms with Crippen molar-refractivity contribution in [1.82, 2.24) is 14.5 Å². The number of aromatic nitrogens is 3. The number of ether oxygens (including phenoxy) is 1. The Morgan fingerprint density at radius 3 is 2.46 bits per heavy atom. The van der Waals surface area contributed by atoms with Gasteiger partial charge in [-0.15, -0.1) is 0 Å². The topological polar surface area (TPSA) is 153 Å². The lowest BCUT2D eigenvalue weighted by Crippen LogP contribution is -2.09. The second-order valence-corrected chi connectivity index (χ2v) is 10.3. The number of pyridine rings is 1. The van der Waals surface area contributed by atoms with Crippen molar-refractivity contribution in [3.8, 4) is 23.2 Å². The van der Waals surface area contributed by atoms with E-state index in [1.807, 2.05) is 19.9 Å². The first-order valence-electron chi connectivity index (χ1n) is 14.0. The summed E-state index contributed by atoms with van der Waals surface area (Å²) in [6.45, 7) is 3.94. The van der Waals surface area contributed by atoms with Crippen LogP contribution < -0.4 is 15.6 Å². The molecule has 2 heterocycles. The Labute approximate surface area is 267 Å². The number of carboxylic acids is 1. The molecule has 0 spiro atoms. The third kappa shape index (κ3) is 7.48. The standard InChI is InChI=1S/C31H23F3N6O3S.C2H6/c32-23-8-17(13-35)4-5-19(23)16-43-30-3-1-2-26(39-30)22-12-24(33)20(9-25(22)34)11-29-38-27-7-6-18(31(41)42)10-28(27)40(29)15-21(14-36)44-37;1-2/h1-10,12,14H,11,15-16,36-37H2,(H,41,42);1-2H3/b21-14-;. The predicted molar refractivity (Wildman–Crippen MR) is 170 cm³/mol. The van der Waals surface area contributed by atoms with Gasteiger partial charge in [-0.2, -0.15) is 5.26 Å². The highest BCUT2D eigenvalue weighted by molar-refractivity contribution is 8.00. The van der Waals surface area contributed by atoms with Gasteiger partial charge in [-0.1, -0.05) is 26.0 Å². The van der Waals surface area contributed by atoms with Crippen LogP contribution in [0, 0.1) is 28.8 Å². The van der Waals surface area contributed by atoms with Crippen LogP contribution in [0.2, 0.25) is 0 Å². The Bertz CT molecular complexity index is 1970. The number of carboxylic acid groups (broad SMARTS) is 1. The number of halogens is 3. The van der Waals surface area contributed by atoms with Crippen molar-refractivity contribution in [3.05, 3.63) is 123 Å². The summed E-state index contributed by atoms with van der Waals surface area (Å²) >= 11 is 0.902. The van der Waals surface area contributed by atoms with Crippen LogP contribution in [0.4, 0.5) is 13.2 Å². The summed E-state index contributed by atoms with van der Waals surface area (Å²) in [6, 6.07) is 16.8. The fourth-order valence-corrected chi connectivity index (χ4v) is 4.81. The molecule has 9 nitrogen and oxygen atoms in total. The lowest BCUT2D eigenvalue weighted by molar-refractivity contribution is 0.0697. The van der Waals surface area contributed by atoms with Gasteiger partial charge in [0, 0.05) is 34.7 Å². The highest BCUT2D eigenvalue weighted by Gasteiger charge is 2.19. The molecule has 13 heteroatoms. The zero-order valence-electron chi connectivity index (χ0n) is 24.8. The van der Waals surface area contributed by atoms with Crippen LogP contribution in [0.1, 0.15) is 46.7 Å². The van der Waals surface area contributed by atoms with Crippen molar-refractivity contribution in [2.45, 2.75) is 33.4 Å². The van der Waals surface area contributed by atoms with Crippen molar-refractivity contribution in [2.75, 3.05) is 0 Å². The molecule has 0 aliphatic rings. The number of benzene rings is 3. The molecule has 0 amide bonds. The number of nitrogens with zero attached hydrogens (tertiary/aromatic N) is 4. The van der Waals surface area contributed by atoms with E-state index in [0.29, 0.717) is 21.8 Å². The summed E-state index contributed by atoms with van der Waals surface area (Å²) in [7, 11) is 0. The summed E-state index contributed by atoms with van der Waals surface area (Å²) in [4.78, 5) is 20.9. The van der Waals surface area contributed by atoms with Gasteiger partial charge >= 0.3 is 5.97 Å². The van der Waals surface area contributed by atoms with E-state index in [1.165, 1.54) is 48.7 Å². The van der Waals surface area contributed by atoms with Gasteiger partial charge in [0.05, 0.1) is 40.5 Å². The Morgan fingerprint density at radius 1 is 1.02 bits per heavy atom. The number of nitrogens with two attached hydrogens (primary N) is 2. The van der Waals surface area contributed by atoms with Gasteiger partial charge in [0.1, 0.15) is 29.9 Å². The third-order valence-electron chi connectivity index (χ3n) is 6.77. The van der Waals surface area contributed by atoms with Crippen molar-refractivity contribution < 1.29 is 27.8 Å². The van der Waals surface area contributed by atoms with Crippen molar-refractivity contribution in [3.63, 3.8) is 0 Å². The molecule has 0 radical (unpaired) electrons. The molecule has 0 saturated carbocycles. The molecule has 0 atom stereocenters. The van der Waals surface area contributed by atoms with E-state index in [4.69, 9.17) is 20.9 Å². The van der Waals surface area contributed by atoms with Crippen LogP contribution in [0.15, 0.2) is 77.8 Å². The predicted octanol–water partition coefficient (Wildman–Crippen LogP) is 6.69. The molecule has 2 aromatic heterocycles. The van der Waals surface area contributed by atoms with E-state index in [1.54, 1.807) is 10.6 Å². The number of nitriles is 1. The van der Waals surface area contributed by atoms with E-state index >= 15 is 8.78 Å². The van der Waals surface area contributed by atoms with Crippen LogP contribution >= 0.6 is 11.9 Å². The summed E-state index contributed by atoms with van der Waals surface area (Å²) in [6.07, 6.45) is 1.18. The van der Waals surface area contributed by atoms with Gasteiger partial charge in [-0.25, -0.2) is 27.9 Å². The zero-order chi connectivity index (χ0) is 33.4. The molecule has 0 aliphatic heterocycles. The van der Waals surface area contributed by atoms with Crippen LogP contribution in [-0.4, -0.2) is 25.6 Å². The highest BCUT2D eigenvalue weighted by Crippen LogP contribution is 2.29. The van der Waals surface area contributed by atoms with E-state index in [9.17, 15) is 14.3 Å². The Balaban J connectivity index is 0.00000235. The number of fused-ring (bicyclic) bond motifs is 1. The van der Waals surface area contributed by atoms with Gasteiger partial charge in [0.2, 0.25) is 5.88 Å². The van der Waals surface area contributed by atoms with E-state index in [2.05, 4.69) is 9.97 Å². The van der Waals surface area contributed by atoms with Crippen LogP contribution in [-0.2, 0) is 19.6 Å². The van der Waals surface area contributed by atoms with Gasteiger partial charge in [-0.05, 0) is 66.0 Å².